The summed E-state index contributed by atoms with van der Waals surface area (Å²) in [5.74, 6) is 1.91. The number of halogens is 1. The van der Waals surface area contributed by atoms with E-state index in [-0.39, 0.29) is 5.82 Å². The van der Waals surface area contributed by atoms with E-state index in [9.17, 15) is 4.39 Å². The Bertz CT molecular complexity index is 645. The molecule has 0 amide bonds. The molecule has 0 aliphatic heterocycles. The molecule has 1 aliphatic rings. The van der Waals surface area contributed by atoms with Gasteiger partial charge >= 0.3 is 0 Å². The van der Waals surface area contributed by atoms with Gasteiger partial charge in [-0.05, 0) is 38.3 Å². The minimum atomic E-state index is -0.297. The summed E-state index contributed by atoms with van der Waals surface area (Å²) in [5.41, 5.74) is 7.95. The average molecular weight is 272 g/mol. The van der Waals surface area contributed by atoms with E-state index < -0.39 is 0 Å². The van der Waals surface area contributed by atoms with Crippen molar-refractivity contribution < 1.29 is 4.39 Å². The lowest BCUT2D eigenvalue weighted by Crippen LogP contribution is -2.07. The Balaban J connectivity index is 2.01. The molecule has 0 bridgehead atoms. The second-order valence-electron chi connectivity index (χ2n) is 5.27. The first-order chi connectivity index (χ1) is 9.56. The van der Waals surface area contributed by atoms with E-state index in [1.54, 1.807) is 6.07 Å². The summed E-state index contributed by atoms with van der Waals surface area (Å²) >= 11 is 0. The zero-order valence-electron chi connectivity index (χ0n) is 11.6. The Hall–Kier alpha value is -2.17. The highest BCUT2D eigenvalue weighted by molar-refractivity contribution is 5.66. The van der Waals surface area contributed by atoms with Gasteiger partial charge in [0.1, 0.15) is 23.3 Å². The fourth-order valence-electron chi connectivity index (χ4n) is 2.11. The molecular formula is C15H17FN4. The molecule has 1 saturated carbocycles. The molecule has 2 aromatic rings. The predicted molar refractivity (Wildman–Crippen MR) is 77.6 cm³/mol. The number of hydrogen-bond acceptors (Lipinski definition) is 4. The number of nitrogen functional groups attached to an aromatic ring is 1. The van der Waals surface area contributed by atoms with Gasteiger partial charge in [-0.1, -0.05) is 12.1 Å². The summed E-state index contributed by atoms with van der Waals surface area (Å²) < 4.78 is 13.9. The van der Waals surface area contributed by atoms with Gasteiger partial charge in [0.2, 0.25) is 0 Å². The van der Waals surface area contributed by atoms with Crippen molar-refractivity contribution in [3.63, 3.8) is 0 Å². The third-order valence-electron chi connectivity index (χ3n) is 3.61. The van der Waals surface area contributed by atoms with Crippen LogP contribution in [-0.4, -0.2) is 9.97 Å². The number of aromatic nitrogens is 2. The second kappa shape index (κ2) is 4.74. The summed E-state index contributed by atoms with van der Waals surface area (Å²) in [5, 5.41) is 3.07. The highest BCUT2D eigenvalue weighted by Gasteiger charge is 2.28. The lowest BCUT2D eigenvalue weighted by Gasteiger charge is -2.14. The minimum absolute atomic E-state index is 0.297. The van der Waals surface area contributed by atoms with Gasteiger partial charge < -0.3 is 11.1 Å². The fourth-order valence-corrected chi connectivity index (χ4v) is 2.11. The lowest BCUT2D eigenvalue weighted by atomic mass is 10.2. The van der Waals surface area contributed by atoms with Crippen molar-refractivity contribution in [3.05, 3.63) is 41.0 Å². The van der Waals surface area contributed by atoms with E-state index >= 15 is 0 Å². The van der Waals surface area contributed by atoms with Gasteiger partial charge in [-0.3, -0.25) is 0 Å². The Morgan fingerprint density at radius 2 is 2.00 bits per heavy atom. The topological polar surface area (TPSA) is 63.8 Å². The normalized spacial score (nSPS) is 14.3. The van der Waals surface area contributed by atoms with E-state index in [4.69, 9.17) is 5.73 Å². The van der Waals surface area contributed by atoms with Crippen LogP contribution in [0.5, 0.6) is 0 Å². The molecule has 1 aliphatic carbocycles. The summed E-state index contributed by atoms with van der Waals surface area (Å²) in [7, 11) is 0. The highest BCUT2D eigenvalue weighted by atomic mass is 19.1. The maximum absolute atomic E-state index is 13.9. The van der Waals surface area contributed by atoms with Crippen molar-refractivity contribution in [2.75, 3.05) is 11.1 Å². The quantitative estimate of drug-likeness (QED) is 0.898. The maximum Gasteiger partial charge on any atom is 0.146 e. The number of anilines is 3. The molecule has 1 aromatic heterocycles. The number of para-hydroxylation sites is 1. The Labute approximate surface area is 117 Å². The van der Waals surface area contributed by atoms with Crippen LogP contribution in [0.1, 0.15) is 35.7 Å². The van der Waals surface area contributed by atoms with Crippen molar-refractivity contribution in [2.45, 2.75) is 32.6 Å². The van der Waals surface area contributed by atoms with Gasteiger partial charge in [-0.25, -0.2) is 14.4 Å². The molecule has 3 rings (SSSR count). The average Bonchev–Trinajstić information content (AvgIpc) is 3.23. The van der Waals surface area contributed by atoms with Crippen LogP contribution in [0.25, 0.3) is 0 Å². The van der Waals surface area contributed by atoms with Crippen LogP contribution in [0.15, 0.2) is 18.2 Å². The molecule has 5 heteroatoms. The van der Waals surface area contributed by atoms with Crippen LogP contribution >= 0.6 is 0 Å². The number of rotatable bonds is 3. The number of nitrogens with zero attached hydrogens (tertiary/aromatic N) is 2. The molecular weight excluding hydrogens is 255 g/mol. The molecule has 0 saturated heterocycles. The van der Waals surface area contributed by atoms with Crippen LogP contribution in [0.4, 0.5) is 21.7 Å². The SMILES string of the molecule is Cc1cccc(F)c1Nc1nc(C2CC2)nc(N)c1C. The Morgan fingerprint density at radius 3 is 2.65 bits per heavy atom. The van der Waals surface area contributed by atoms with Gasteiger partial charge in [0.25, 0.3) is 0 Å². The lowest BCUT2D eigenvalue weighted by molar-refractivity contribution is 0.630. The van der Waals surface area contributed by atoms with Crippen molar-refractivity contribution in [2.24, 2.45) is 0 Å². The van der Waals surface area contributed by atoms with Crippen LogP contribution in [0.2, 0.25) is 0 Å². The Morgan fingerprint density at radius 1 is 1.25 bits per heavy atom. The second-order valence-corrected chi connectivity index (χ2v) is 5.27. The van der Waals surface area contributed by atoms with Gasteiger partial charge in [-0.2, -0.15) is 0 Å². The molecule has 0 radical (unpaired) electrons. The zero-order chi connectivity index (χ0) is 14.3. The summed E-state index contributed by atoms with van der Waals surface area (Å²) in [6.45, 7) is 3.69. The van der Waals surface area contributed by atoms with Gasteiger partial charge in [0.15, 0.2) is 0 Å². The molecule has 1 heterocycles. The van der Waals surface area contributed by atoms with E-state index in [0.717, 1.165) is 29.8 Å². The van der Waals surface area contributed by atoms with Crippen molar-refractivity contribution in [1.82, 2.24) is 9.97 Å². The number of aryl methyl sites for hydroxylation is 1. The van der Waals surface area contributed by atoms with Crippen LogP contribution in [-0.2, 0) is 0 Å². The minimum Gasteiger partial charge on any atom is -0.383 e. The van der Waals surface area contributed by atoms with Crippen LogP contribution in [0.3, 0.4) is 0 Å². The van der Waals surface area contributed by atoms with Crippen molar-refractivity contribution in [3.8, 4) is 0 Å². The molecule has 4 nitrogen and oxygen atoms in total. The standard InChI is InChI=1S/C15H17FN4/c1-8-4-3-5-11(16)12(8)18-14-9(2)13(17)19-15(20-14)10-6-7-10/h3-5,10H,6-7H2,1-2H3,(H3,17,18,19,20). The van der Waals surface area contributed by atoms with Crippen molar-refractivity contribution >= 4 is 17.3 Å². The number of hydrogen-bond donors (Lipinski definition) is 2. The highest BCUT2D eigenvalue weighted by Crippen LogP contribution is 2.39. The summed E-state index contributed by atoms with van der Waals surface area (Å²) in [6, 6.07) is 4.97. The smallest absolute Gasteiger partial charge is 0.146 e. The third kappa shape index (κ3) is 2.31. The molecule has 0 spiro atoms. The van der Waals surface area contributed by atoms with E-state index in [2.05, 4.69) is 15.3 Å². The molecule has 104 valence electrons. The molecule has 1 fully saturated rings. The van der Waals surface area contributed by atoms with E-state index in [1.807, 2.05) is 19.9 Å². The van der Waals surface area contributed by atoms with Crippen LogP contribution in [0, 0.1) is 19.7 Å². The number of benzene rings is 1. The fraction of sp³-hybridized carbons (Fsp3) is 0.333. The first-order valence-corrected chi connectivity index (χ1v) is 6.72. The van der Waals surface area contributed by atoms with Crippen molar-refractivity contribution in [1.29, 1.82) is 0 Å². The van der Waals surface area contributed by atoms with Gasteiger partial charge in [0, 0.05) is 11.5 Å². The van der Waals surface area contributed by atoms with Gasteiger partial charge in [-0.15, -0.1) is 0 Å². The summed E-state index contributed by atoms with van der Waals surface area (Å²) in [6.07, 6.45) is 2.20. The monoisotopic (exact) mass is 272 g/mol. The molecule has 1 aromatic carbocycles. The molecule has 0 unspecified atom stereocenters. The molecule has 20 heavy (non-hydrogen) atoms. The number of nitrogens with one attached hydrogen (secondary N) is 1. The summed E-state index contributed by atoms with van der Waals surface area (Å²) in [4.78, 5) is 8.82. The first-order valence-electron chi connectivity index (χ1n) is 6.72. The van der Waals surface area contributed by atoms with Crippen LogP contribution < -0.4 is 11.1 Å². The largest absolute Gasteiger partial charge is 0.383 e. The third-order valence-corrected chi connectivity index (χ3v) is 3.61. The predicted octanol–water partition coefficient (Wildman–Crippen LogP) is 3.44. The Kier molecular flexibility index (Phi) is 3.04. The van der Waals surface area contributed by atoms with E-state index in [0.29, 0.717) is 23.2 Å². The molecule has 0 atom stereocenters. The molecule has 3 N–H and O–H groups in total. The maximum atomic E-state index is 13.9. The van der Waals surface area contributed by atoms with Gasteiger partial charge in [0.05, 0.1) is 5.69 Å². The number of nitrogens with two attached hydrogens (primary N) is 1. The van der Waals surface area contributed by atoms with E-state index in [1.165, 1.54) is 6.07 Å². The zero-order valence-corrected chi connectivity index (χ0v) is 11.6. The first kappa shape index (κ1) is 12.8.